The first-order valence-corrected chi connectivity index (χ1v) is 6.94. The summed E-state index contributed by atoms with van der Waals surface area (Å²) in [6.45, 7) is 2.11. The molecular weight excluding hydrogens is 220 g/mol. The average Bonchev–Trinajstić information content (AvgIpc) is 3.00. The number of fused-ring (bicyclic) bond motifs is 6. The molecule has 2 aliphatic carbocycles. The second-order valence-corrected chi connectivity index (χ2v) is 6.01. The van der Waals surface area contributed by atoms with Gasteiger partial charge in [-0.3, -0.25) is 0 Å². The fraction of sp³-hybridized carbons (Fsp3) is 0.727. The van der Waals surface area contributed by atoms with Gasteiger partial charge in [0, 0.05) is 12.3 Å². The van der Waals surface area contributed by atoms with Gasteiger partial charge in [-0.15, -0.1) is 10.2 Å². The Labute approximate surface area is 98.5 Å². The van der Waals surface area contributed by atoms with Gasteiger partial charge < -0.3 is 0 Å². The molecule has 0 amide bonds. The van der Waals surface area contributed by atoms with Gasteiger partial charge in [-0.1, -0.05) is 18.7 Å². The van der Waals surface area contributed by atoms with Crippen molar-refractivity contribution < 1.29 is 0 Å². The van der Waals surface area contributed by atoms with Crippen molar-refractivity contribution in [3.63, 3.8) is 0 Å². The number of hydrogen-bond donors (Lipinski definition) is 0. The molecule has 1 unspecified atom stereocenters. The highest BCUT2D eigenvalue weighted by Gasteiger charge is 2.48. The molecule has 0 saturated heterocycles. The average molecular weight is 234 g/mol. The number of hydrogen-bond acceptors (Lipinski definition) is 4. The van der Waals surface area contributed by atoms with Crippen molar-refractivity contribution in [1.82, 2.24) is 14.9 Å². The van der Waals surface area contributed by atoms with E-state index in [2.05, 4.69) is 17.1 Å². The second-order valence-electron chi connectivity index (χ2n) is 4.90. The maximum absolute atomic E-state index is 4.81. The molecule has 0 radical (unpaired) electrons. The number of aromatic nitrogens is 3. The van der Waals surface area contributed by atoms with Gasteiger partial charge in [0.25, 0.3) is 0 Å². The molecule has 3 aliphatic rings. The minimum atomic E-state index is 0.611. The highest BCUT2D eigenvalue weighted by molar-refractivity contribution is 8.00. The predicted octanol–water partition coefficient (Wildman–Crippen LogP) is 1.95. The number of thioether (sulfide) groups is 1. The van der Waals surface area contributed by atoms with Crippen molar-refractivity contribution in [2.24, 2.45) is 16.9 Å². The molecule has 2 bridgehead atoms. The van der Waals surface area contributed by atoms with Gasteiger partial charge in [0.05, 0.1) is 11.0 Å². The van der Waals surface area contributed by atoms with Crippen LogP contribution in [0.5, 0.6) is 0 Å². The molecule has 2 heterocycles. The van der Waals surface area contributed by atoms with E-state index in [1.54, 1.807) is 0 Å². The van der Waals surface area contributed by atoms with Crippen LogP contribution in [0.1, 0.15) is 32.0 Å². The molecule has 0 aromatic carbocycles. The summed E-state index contributed by atoms with van der Waals surface area (Å²) in [5.74, 6) is 2.60. The molecule has 2 fully saturated rings. The third kappa shape index (κ3) is 1.04. The van der Waals surface area contributed by atoms with E-state index < -0.39 is 0 Å². The second kappa shape index (κ2) is 3.09. The Morgan fingerprint density at radius 2 is 2.31 bits per heavy atom. The summed E-state index contributed by atoms with van der Waals surface area (Å²) in [6.07, 6.45) is 4.99. The Bertz CT molecular complexity index is 478. The van der Waals surface area contributed by atoms with Crippen molar-refractivity contribution in [1.29, 1.82) is 0 Å². The lowest BCUT2D eigenvalue weighted by Crippen LogP contribution is -2.29. The van der Waals surface area contributed by atoms with Gasteiger partial charge in [0.2, 0.25) is 5.16 Å². The van der Waals surface area contributed by atoms with E-state index in [9.17, 15) is 0 Å². The first kappa shape index (κ1) is 9.22. The molecular formula is C11H14N4S. The third-order valence-electron chi connectivity index (χ3n) is 4.05. The summed E-state index contributed by atoms with van der Waals surface area (Å²) >= 11 is 1.89. The monoisotopic (exact) mass is 234 g/mol. The lowest BCUT2D eigenvalue weighted by Gasteiger charge is -2.26. The summed E-state index contributed by atoms with van der Waals surface area (Å²) in [5, 5.41) is 14.9. The Hall–Kier alpha value is -0.840. The van der Waals surface area contributed by atoms with Gasteiger partial charge in [-0.05, 0) is 25.2 Å². The molecule has 4 rings (SSSR count). The quantitative estimate of drug-likeness (QED) is 0.746. The molecule has 5 heteroatoms. The summed E-state index contributed by atoms with van der Waals surface area (Å²) in [6, 6.07) is 0. The molecule has 0 spiro atoms. The number of aryl methyl sites for hydroxylation is 1. The zero-order chi connectivity index (χ0) is 10.7. The maximum Gasteiger partial charge on any atom is 0.212 e. The van der Waals surface area contributed by atoms with E-state index in [1.165, 1.54) is 25.0 Å². The van der Waals surface area contributed by atoms with Crippen molar-refractivity contribution in [3.05, 3.63) is 5.82 Å². The maximum atomic E-state index is 4.81. The molecule has 0 N–H and O–H groups in total. The lowest BCUT2D eigenvalue weighted by atomic mass is 9.98. The number of rotatable bonds is 1. The van der Waals surface area contributed by atoms with Gasteiger partial charge in [0.15, 0.2) is 5.82 Å². The van der Waals surface area contributed by atoms with Crippen LogP contribution >= 0.6 is 11.8 Å². The SMILES string of the molecule is CCc1nnc2n1N=C1C3CC[C@@H](C3)[C@@H]1S2. The third-order valence-corrected chi connectivity index (χ3v) is 5.40. The minimum Gasteiger partial charge on any atom is -0.191 e. The molecule has 1 aromatic heterocycles. The van der Waals surface area contributed by atoms with E-state index in [0.717, 1.165) is 29.2 Å². The van der Waals surface area contributed by atoms with Crippen LogP contribution in [0.3, 0.4) is 0 Å². The van der Waals surface area contributed by atoms with Crippen LogP contribution < -0.4 is 0 Å². The van der Waals surface area contributed by atoms with Crippen LogP contribution in [0, 0.1) is 11.8 Å². The van der Waals surface area contributed by atoms with Crippen LogP contribution in [-0.2, 0) is 6.42 Å². The van der Waals surface area contributed by atoms with Crippen LogP contribution in [-0.4, -0.2) is 25.8 Å². The minimum absolute atomic E-state index is 0.611. The Balaban J connectivity index is 1.83. The Kier molecular flexibility index (Phi) is 1.78. The van der Waals surface area contributed by atoms with Crippen molar-refractivity contribution in [2.75, 3.05) is 0 Å². The van der Waals surface area contributed by atoms with Gasteiger partial charge >= 0.3 is 0 Å². The molecule has 2 saturated carbocycles. The van der Waals surface area contributed by atoms with Crippen LogP contribution in [0.4, 0.5) is 0 Å². The Morgan fingerprint density at radius 3 is 3.19 bits per heavy atom. The standard InChI is InChI=1S/C11H14N4S/c1-2-8-12-13-11-15(8)14-9-6-3-4-7(5-6)10(9)16-11/h6-7,10H,2-5H2,1H3/t6?,7-,10-/m0/s1. The van der Waals surface area contributed by atoms with E-state index >= 15 is 0 Å². The zero-order valence-corrected chi connectivity index (χ0v) is 10.1. The highest BCUT2D eigenvalue weighted by atomic mass is 32.2. The van der Waals surface area contributed by atoms with E-state index in [-0.39, 0.29) is 0 Å². The predicted molar refractivity (Wildman–Crippen MR) is 62.7 cm³/mol. The molecule has 1 aliphatic heterocycles. The summed E-state index contributed by atoms with van der Waals surface area (Å²) in [7, 11) is 0. The summed E-state index contributed by atoms with van der Waals surface area (Å²) < 4.78 is 1.97. The van der Waals surface area contributed by atoms with Crippen molar-refractivity contribution in [3.8, 4) is 0 Å². The molecule has 84 valence electrons. The van der Waals surface area contributed by atoms with E-state index in [4.69, 9.17) is 5.10 Å². The first-order valence-electron chi connectivity index (χ1n) is 6.06. The fourth-order valence-corrected chi connectivity index (χ4v) is 4.61. The van der Waals surface area contributed by atoms with Crippen molar-refractivity contribution >= 4 is 17.5 Å². The number of nitrogens with zero attached hydrogens (tertiary/aromatic N) is 4. The van der Waals surface area contributed by atoms with Crippen LogP contribution in [0.25, 0.3) is 0 Å². The topological polar surface area (TPSA) is 43.1 Å². The van der Waals surface area contributed by atoms with Gasteiger partial charge in [0.1, 0.15) is 0 Å². The summed E-state index contributed by atoms with van der Waals surface area (Å²) in [5.41, 5.74) is 1.42. The molecule has 1 aromatic rings. The normalized spacial score (nSPS) is 34.8. The molecule has 4 nitrogen and oxygen atoms in total. The lowest BCUT2D eigenvalue weighted by molar-refractivity contribution is 0.587. The van der Waals surface area contributed by atoms with Gasteiger partial charge in [-0.25, -0.2) is 0 Å². The van der Waals surface area contributed by atoms with Crippen LogP contribution in [0.2, 0.25) is 0 Å². The Morgan fingerprint density at radius 1 is 1.38 bits per heavy atom. The largest absolute Gasteiger partial charge is 0.212 e. The summed E-state index contributed by atoms with van der Waals surface area (Å²) in [4.78, 5) is 0. The highest BCUT2D eigenvalue weighted by Crippen LogP contribution is 2.50. The smallest absolute Gasteiger partial charge is 0.191 e. The molecule has 3 atom stereocenters. The van der Waals surface area contributed by atoms with Crippen molar-refractivity contribution in [2.45, 2.75) is 43.0 Å². The van der Waals surface area contributed by atoms with Crippen LogP contribution in [0.15, 0.2) is 10.3 Å². The zero-order valence-electron chi connectivity index (χ0n) is 9.26. The molecule has 16 heavy (non-hydrogen) atoms. The van der Waals surface area contributed by atoms with E-state index in [0.29, 0.717) is 5.25 Å². The fourth-order valence-electron chi connectivity index (χ4n) is 3.25. The van der Waals surface area contributed by atoms with Gasteiger partial charge in [-0.2, -0.15) is 9.78 Å². The first-order chi connectivity index (χ1) is 7.86. The van der Waals surface area contributed by atoms with E-state index in [1.807, 2.05) is 16.4 Å².